The third kappa shape index (κ3) is 3.16. The van der Waals surface area contributed by atoms with Gasteiger partial charge in [-0.1, -0.05) is 29.8 Å². The highest BCUT2D eigenvalue weighted by atomic mass is 16.5. The summed E-state index contributed by atoms with van der Waals surface area (Å²) in [6.45, 7) is 6.72. The number of hydrogen-bond acceptors (Lipinski definition) is 4. The Hall–Kier alpha value is -2.79. The number of aromatic nitrogens is 1. The van der Waals surface area contributed by atoms with Gasteiger partial charge in [0.15, 0.2) is 0 Å². The molecule has 0 fully saturated rings. The van der Waals surface area contributed by atoms with Crippen LogP contribution in [0.15, 0.2) is 52.5 Å². The van der Waals surface area contributed by atoms with Gasteiger partial charge in [0.25, 0.3) is 0 Å². The van der Waals surface area contributed by atoms with Crippen LogP contribution in [0.5, 0.6) is 0 Å². The van der Waals surface area contributed by atoms with Crippen molar-refractivity contribution in [3.63, 3.8) is 0 Å². The van der Waals surface area contributed by atoms with Gasteiger partial charge in [-0.2, -0.15) is 0 Å². The average Bonchev–Trinajstić information content (AvgIpc) is 3.27. The van der Waals surface area contributed by atoms with Crippen LogP contribution in [-0.2, 0) is 16.0 Å². The van der Waals surface area contributed by atoms with E-state index in [4.69, 9.17) is 9.15 Å². The van der Waals surface area contributed by atoms with Gasteiger partial charge in [0.2, 0.25) is 0 Å². The minimum Gasteiger partial charge on any atom is -0.468 e. The van der Waals surface area contributed by atoms with E-state index in [9.17, 15) is 4.79 Å². The standard InChI is InChI=1S/C23H26N2O3/c1-14(2)11-12-25-19(23(26)27-4)13-17-16-7-5-6-8-18(16)24-21(17)22(25)20-10-9-15(3)28-20/h5-11,19,22,24H,12-13H2,1-4H3/t19-,22?/m0/s1. The van der Waals surface area contributed by atoms with Gasteiger partial charge in [-0.05, 0) is 44.5 Å². The van der Waals surface area contributed by atoms with E-state index in [0.717, 1.165) is 28.1 Å². The first kappa shape index (κ1) is 18.6. The molecule has 0 saturated carbocycles. The van der Waals surface area contributed by atoms with Crippen LogP contribution >= 0.6 is 0 Å². The van der Waals surface area contributed by atoms with E-state index < -0.39 is 0 Å². The lowest BCUT2D eigenvalue weighted by Gasteiger charge is -2.39. The molecule has 0 spiro atoms. The molecule has 3 aromatic rings. The number of allylic oxidation sites excluding steroid dienone is 1. The lowest BCUT2D eigenvalue weighted by Crippen LogP contribution is -2.49. The Morgan fingerprint density at radius 1 is 1.29 bits per heavy atom. The van der Waals surface area contributed by atoms with Crippen LogP contribution < -0.4 is 0 Å². The number of fused-ring (bicyclic) bond motifs is 3. The van der Waals surface area contributed by atoms with Crippen LogP contribution in [0.4, 0.5) is 0 Å². The van der Waals surface area contributed by atoms with Gasteiger partial charge in [-0.3, -0.25) is 9.69 Å². The molecule has 4 rings (SSSR count). The number of ether oxygens (including phenoxy) is 1. The van der Waals surface area contributed by atoms with Crippen molar-refractivity contribution in [1.82, 2.24) is 9.88 Å². The van der Waals surface area contributed by atoms with Gasteiger partial charge in [-0.15, -0.1) is 0 Å². The number of hydrogen-bond donors (Lipinski definition) is 1. The molecule has 0 bridgehead atoms. The Labute approximate surface area is 165 Å². The number of rotatable bonds is 4. The number of aromatic amines is 1. The highest BCUT2D eigenvalue weighted by molar-refractivity contribution is 5.87. The number of H-pyrrole nitrogens is 1. The normalized spacial score (nSPS) is 19.4. The molecular formula is C23H26N2O3. The lowest BCUT2D eigenvalue weighted by atomic mass is 9.90. The molecule has 5 nitrogen and oxygen atoms in total. The zero-order chi connectivity index (χ0) is 19.8. The highest BCUT2D eigenvalue weighted by Gasteiger charge is 2.42. The Balaban J connectivity index is 1.92. The number of aryl methyl sites for hydroxylation is 1. The van der Waals surface area contributed by atoms with Gasteiger partial charge >= 0.3 is 5.97 Å². The second-order valence-electron chi connectivity index (χ2n) is 7.64. The first-order valence-corrected chi connectivity index (χ1v) is 9.62. The van der Waals surface area contributed by atoms with Crippen molar-refractivity contribution < 1.29 is 13.9 Å². The Bertz CT molecular complexity index is 1040. The van der Waals surface area contributed by atoms with Gasteiger partial charge in [0.05, 0.1) is 7.11 Å². The topological polar surface area (TPSA) is 58.5 Å². The molecule has 5 heteroatoms. The predicted octanol–water partition coefficient (Wildman–Crippen LogP) is 4.52. The van der Waals surface area contributed by atoms with E-state index in [1.807, 2.05) is 31.2 Å². The maximum atomic E-state index is 12.7. The Kier molecular flexibility index (Phi) is 4.85. The van der Waals surface area contributed by atoms with E-state index in [0.29, 0.717) is 13.0 Å². The molecule has 28 heavy (non-hydrogen) atoms. The molecular weight excluding hydrogens is 352 g/mol. The lowest BCUT2D eigenvalue weighted by molar-refractivity contribution is -0.148. The molecule has 0 radical (unpaired) electrons. The van der Waals surface area contributed by atoms with Crippen molar-refractivity contribution in [3.05, 3.63) is 70.8 Å². The quantitative estimate of drug-likeness (QED) is 0.535. The van der Waals surface area contributed by atoms with Crippen LogP contribution in [0, 0.1) is 6.92 Å². The molecule has 1 unspecified atom stereocenters. The summed E-state index contributed by atoms with van der Waals surface area (Å²) < 4.78 is 11.2. The molecule has 1 aliphatic heterocycles. The molecule has 0 amide bonds. The second kappa shape index (κ2) is 7.32. The van der Waals surface area contributed by atoms with E-state index in [1.165, 1.54) is 18.2 Å². The van der Waals surface area contributed by atoms with Crippen LogP contribution in [-0.4, -0.2) is 35.5 Å². The average molecular weight is 378 g/mol. The smallest absolute Gasteiger partial charge is 0.323 e. The van der Waals surface area contributed by atoms with E-state index in [-0.39, 0.29) is 18.1 Å². The summed E-state index contributed by atoms with van der Waals surface area (Å²) >= 11 is 0. The van der Waals surface area contributed by atoms with Gasteiger partial charge in [0, 0.05) is 29.6 Å². The molecule has 1 aliphatic rings. The van der Waals surface area contributed by atoms with E-state index in [1.54, 1.807) is 0 Å². The molecule has 1 N–H and O–H groups in total. The molecule has 1 aromatic carbocycles. The van der Waals surface area contributed by atoms with Crippen molar-refractivity contribution in [3.8, 4) is 0 Å². The summed E-state index contributed by atoms with van der Waals surface area (Å²) in [7, 11) is 1.46. The zero-order valence-electron chi connectivity index (χ0n) is 16.8. The van der Waals surface area contributed by atoms with Crippen LogP contribution in [0.1, 0.15) is 42.7 Å². The third-order valence-electron chi connectivity index (χ3n) is 5.46. The number of nitrogens with one attached hydrogen (secondary N) is 1. The fraction of sp³-hybridized carbons (Fsp3) is 0.348. The highest BCUT2D eigenvalue weighted by Crippen LogP contribution is 2.41. The van der Waals surface area contributed by atoms with E-state index in [2.05, 4.69) is 41.9 Å². The van der Waals surface area contributed by atoms with Crippen molar-refractivity contribution in [1.29, 1.82) is 0 Å². The van der Waals surface area contributed by atoms with Crippen molar-refractivity contribution >= 4 is 16.9 Å². The summed E-state index contributed by atoms with van der Waals surface area (Å²) in [4.78, 5) is 18.5. The fourth-order valence-corrected chi connectivity index (χ4v) is 4.11. The minimum absolute atomic E-state index is 0.176. The SMILES string of the molecule is COC(=O)[C@@H]1Cc2c([nH]c3ccccc23)C(c2ccc(C)o2)N1CC=C(C)C. The van der Waals surface area contributed by atoms with Gasteiger partial charge in [0.1, 0.15) is 23.6 Å². The zero-order valence-corrected chi connectivity index (χ0v) is 16.8. The van der Waals surface area contributed by atoms with Crippen molar-refractivity contribution in [2.75, 3.05) is 13.7 Å². The first-order chi connectivity index (χ1) is 13.5. The molecule has 146 valence electrons. The number of carbonyl (C=O) groups is 1. The molecule has 2 atom stereocenters. The summed E-state index contributed by atoms with van der Waals surface area (Å²) in [5, 5.41) is 1.15. The van der Waals surface area contributed by atoms with Gasteiger partial charge < -0.3 is 14.1 Å². The summed E-state index contributed by atoms with van der Waals surface area (Å²) in [5.74, 6) is 1.47. The minimum atomic E-state index is -0.372. The summed E-state index contributed by atoms with van der Waals surface area (Å²) in [6.07, 6.45) is 2.76. The third-order valence-corrected chi connectivity index (χ3v) is 5.46. The van der Waals surface area contributed by atoms with Crippen LogP contribution in [0.2, 0.25) is 0 Å². The number of esters is 1. The largest absolute Gasteiger partial charge is 0.468 e. The van der Waals surface area contributed by atoms with E-state index >= 15 is 0 Å². The maximum Gasteiger partial charge on any atom is 0.323 e. The summed E-state index contributed by atoms with van der Waals surface area (Å²) in [5.41, 5.74) is 4.55. The second-order valence-corrected chi connectivity index (χ2v) is 7.64. The van der Waals surface area contributed by atoms with Crippen molar-refractivity contribution in [2.45, 2.75) is 39.3 Å². The van der Waals surface area contributed by atoms with Crippen LogP contribution in [0.3, 0.4) is 0 Å². The number of methoxy groups -OCH3 is 1. The molecule has 3 heterocycles. The van der Waals surface area contributed by atoms with Crippen molar-refractivity contribution in [2.24, 2.45) is 0 Å². The Morgan fingerprint density at radius 2 is 2.07 bits per heavy atom. The maximum absolute atomic E-state index is 12.7. The monoisotopic (exact) mass is 378 g/mol. The number of carbonyl (C=O) groups excluding carboxylic acids is 1. The summed E-state index contributed by atoms with van der Waals surface area (Å²) in [6, 6.07) is 11.7. The van der Waals surface area contributed by atoms with Gasteiger partial charge in [-0.25, -0.2) is 0 Å². The first-order valence-electron chi connectivity index (χ1n) is 9.62. The number of benzene rings is 1. The Morgan fingerprint density at radius 3 is 2.75 bits per heavy atom. The molecule has 0 saturated heterocycles. The number of para-hydroxylation sites is 1. The predicted molar refractivity (Wildman–Crippen MR) is 109 cm³/mol. The molecule has 2 aromatic heterocycles. The number of nitrogens with zero attached hydrogens (tertiary/aromatic N) is 1. The number of furan rings is 1. The van der Waals surface area contributed by atoms with Crippen LogP contribution in [0.25, 0.3) is 10.9 Å². The molecule has 0 aliphatic carbocycles. The fourth-order valence-electron chi connectivity index (χ4n) is 4.11.